The molecule has 3 heterocycles. The summed E-state index contributed by atoms with van der Waals surface area (Å²) in [6.07, 6.45) is 1.72. The van der Waals surface area contributed by atoms with Gasteiger partial charge in [-0.15, -0.1) is 5.10 Å². The normalized spacial score (nSPS) is 13.8. The van der Waals surface area contributed by atoms with Crippen LogP contribution in [0.1, 0.15) is 39.7 Å². The number of pyridine rings is 1. The number of tetrazole rings is 1. The van der Waals surface area contributed by atoms with Crippen molar-refractivity contribution in [3.63, 3.8) is 0 Å². The van der Waals surface area contributed by atoms with Crippen molar-refractivity contribution < 1.29 is 0 Å². The average molecular weight is 477 g/mol. The smallest absolute Gasteiger partial charge is 0.254 e. The maximum absolute atomic E-state index is 13.6. The largest absolute Gasteiger partial charge is 0.357 e. The number of aryl methyl sites for hydroxylation is 4. The molecule has 36 heavy (non-hydrogen) atoms. The Morgan fingerprint density at radius 2 is 1.75 bits per heavy atom. The van der Waals surface area contributed by atoms with Gasteiger partial charge < -0.3 is 9.88 Å². The van der Waals surface area contributed by atoms with Crippen LogP contribution in [0, 0.1) is 13.8 Å². The monoisotopic (exact) mass is 476 g/mol. The van der Waals surface area contributed by atoms with Gasteiger partial charge in [-0.2, -0.15) is 0 Å². The molecule has 1 N–H and O–H groups in total. The number of aromatic amines is 1. The number of rotatable bonds is 6. The Hall–Kier alpha value is -4.26. The highest BCUT2D eigenvalue weighted by Gasteiger charge is 2.34. The number of hydrogen-bond acceptors (Lipinski definition) is 5. The fourth-order valence-electron chi connectivity index (χ4n) is 5.22. The number of nitrogens with one attached hydrogen (secondary N) is 1. The van der Waals surface area contributed by atoms with Crippen LogP contribution in [-0.2, 0) is 19.4 Å². The third kappa shape index (κ3) is 3.96. The molecule has 1 atom stereocenters. The van der Waals surface area contributed by atoms with Crippen molar-refractivity contribution in [2.75, 3.05) is 11.4 Å². The van der Waals surface area contributed by atoms with Crippen LogP contribution >= 0.6 is 0 Å². The third-order valence-electron chi connectivity index (χ3n) is 7.28. The van der Waals surface area contributed by atoms with Gasteiger partial charge in [-0.1, -0.05) is 48.5 Å². The number of H-pyrrole nitrogens is 1. The first-order chi connectivity index (χ1) is 17.6. The first-order valence-electron chi connectivity index (χ1n) is 12.4. The molecule has 1 aliphatic rings. The fourth-order valence-corrected chi connectivity index (χ4v) is 5.22. The van der Waals surface area contributed by atoms with Crippen molar-refractivity contribution in [1.82, 2.24) is 25.2 Å². The van der Waals surface area contributed by atoms with Crippen LogP contribution in [0.15, 0.2) is 77.6 Å². The van der Waals surface area contributed by atoms with Crippen molar-refractivity contribution in [2.24, 2.45) is 0 Å². The van der Waals surface area contributed by atoms with Crippen LogP contribution in [-0.4, -0.2) is 31.7 Å². The molecule has 2 aromatic heterocycles. The molecule has 0 unspecified atom stereocenters. The van der Waals surface area contributed by atoms with E-state index in [9.17, 15) is 4.79 Å². The van der Waals surface area contributed by atoms with Gasteiger partial charge in [0.25, 0.3) is 5.56 Å². The fraction of sp³-hybridized carbons (Fsp3) is 0.241. The molecule has 3 aromatic carbocycles. The summed E-state index contributed by atoms with van der Waals surface area (Å²) < 4.78 is 1.85. The minimum Gasteiger partial charge on any atom is -0.357 e. The highest BCUT2D eigenvalue weighted by molar-refractivity contribution is 5.81. The van der Waals surface area contributed by atoms with Crippen LogP contribution in [0.5, 0.6) is 0 Å². The Labute approximate surface area is 209 Å². The second-order valence-corrected chi connectivity index (χ2v) is 9.55. The summed E-state index contributed by atoms with van der Waals surface area (Å²) in [6.45, 7) is 5.58. The summed E-state index contributed by atoms with van der Waals surface area (Å²) in [5, 5.41) is 13.9. The van der Waals surface area contributed by atoms with E-state index >= 15 is 0 Å². The topological polar surface area (TPSA) is 79.7 Å². The standard InChI is InChI=1S/C29H28N6O/c1-19-16-23-18-24(29(36)30-25(23)17-20(19)2)27(34-14-13-22-10-6-7-11-26(22)34)28-31-32-33-35(28)15-12-21-8-4-3-5-9-21/h3-11,16-18,27H,12-15H2,1-2H3,(H,30,36)/t27-/m1/s1. The maximum atomic E-state index is 13.6. The van der Waals surface area contributed by atoms with Gasteiger partial charge in [0.2, 0.25) is 0 Å². The van der Waals surface area contributed by atoms with E-state index in [-0.39, 0.29) is 5.56 Å². The molecule has 6 rings (SSSR count). The number of anilines is 1. The molecule has 5 aromatic rings. The van der Waals surface area contributed by atoms with Crippen LogP contribution < -0.4 is 10.5 Å². The van der Waals surface area contributed by atoms with Gasteiger partial charge in [-0.25, -0.2) is 4.68 Å². The summed E-state index contributed by atoms with van der Waals surface area (Å²) in [6, 6.07) is 24.5. The number of para-hydroxylation sites is 1. The molecule has 180 valence electrons. The van der Waals surface area contributed by atoms with E-state index in [2.05, 4.69) is 75.7 Å². The van der Waals surface area contributed by atoms with Gasteiger partial charge in [-0.3, -0.25) is 4.79 Å². The summed E-state index contributed by atoms with van der Waals surface area (Å²) in [5.74, 6) is 0.677. The number of aromatic nitrogens is 5. The van der Waals surface area contributed by atoms with Crippen LogP contribution in [0.4, 0.5) is 5.69 Å². The molecule has 0 bridgehead atoms. The Bertz CT molecular complexity index is 1600. The van der Waals surface area contributed by atoms with Crippen LogP contribution in [0.3, 0.4) is 0 Å². The van der Waals surface area contributed by atoms with E-state index in [4.69, 9.17) is 0 Å². The molecule has 0 amide bonds. The van der Waals surface area contributed by atoms with Gasteiger partial charge in [-0.05, 0) is 89.0 Å². The molecule has 0 aliphatic carbocycles. The van der Waals surface area contributed by atoms with Gasteiger partial charge >= 0.3 is 0 Å². The maximum Gasteiger partial charge on any atom is 0.254 e. The summed E-state index contributed by atoms with van der Waals surface area (Å²) >= 11 is 0. The molecular weight excluding hydrogens is 448 g/mol. The second-order valence-electron chi connectivity index (χ2n) is 9.55. The molecule has 0 saturated heterocycles. The second kappa shape index (κ2) is 9.07. The molecule has 7 heteroatoms. The average Bonchev–Trinajstić information content (AvgIpc) is 3.53. The predicted molar refractivity (Wildman–Crippen MR) is 141 cm³/mol. The SMILES string of the molecule is Cc1cc2cc([C@H](c3nnnn3CCc3ccccc3)N3CCc4ccccc43)c(=O)[nH]c2cc1C. The van der Waals surface area contributed by atoms with E-state index < -0.39 is 6.04 Å². The van der Waals surface area contributed by atoms with Gasteiger partial charge in [0.1, 0.15) is 6.04 Å². The lowest BCUT2D eigenvalue weighted by atomic mass is 10.0. The summed E-state index contributed by atoms with van der Waals surface area (Å²) in [4.78, 5) is 19.0. The van der Waals surface area contributed by atoms with Crippen molar-refractivity contribution in [3.8, 4) is 0 Å². The van der Waals surface area contributed by atoms with Gasteiger partial charge in [0.15, 0.2) is 5.82 Å². The molecular formula is C29H28N6O. The van der Waals surface area contributed by atoms with E-state index in [1.54, 1.807) is 0 Å². The lowest BCUT2D eigenvalue weighted by molar-refractivity contribution is 0.538. The number of fused-ring (bicyclic) bond motifs is 2. The number of nitrogens with zero attached hydrogens (tertiary/aromatic N) is 5. The molecule has 0 saturated carbocycles. The minimum absolute atomic E-state index is 0.113. The van der Waals surface area contributed by atoms with Crippen molar-refractivity contribution in [3.05, 3.63) is 117 Å². The number of benzene rings is 3. The van der Waals surface area contributed by atoms with E-state index in [1.165, 1.54) is 16.7 Å². The lowest BCUT2D eigenvalue weighted by Crippen LogP contribution is -2.34. The highest BCUT2D eigenvalue weighted by Crippen LogP contribution is 2.37. The summed E-state index contributed by atoms with van der Waals surface area (Å²) in [7, 11) is 0. The number of hydrogen-bond donors (Lipinski definition) is 1. The Morgan fingerprint density at radius 1 is 0.972 bits per heavy atom. The zero-order valence-electron chi connectivity index (χ0n) is 20.5. The van der Waals surface area contributed by atoms with Crippen LogP contribution in [0.2, 0.25) is 0 Å². The zero-order chi connectivity index (χ0) is 24.6. The Morgan fingerprint density at radius 3 is 2.61 bits per heavy atom. The Balaban J connectivity index is 1.48. The molecule has 0 spiro atoms. The Kier molecular flexibility index (Phi) is 5.60. The first-order valence-corrected chi connectivity index (χ1v) is 12.4. The van der Waals surface area contributed by atoms with Crippen molar-refractivity contribution in [1.29, 1.82) is 0 Å². The van der Waals surface area contributed by atoms with E-state index in [0.717, 1.165) is 41.5 Å². The van der Waals surface area contributed by atoms with Gasteiger partial charge in [0.05, 0.1) is 0 Å². The quantitative estimate of drug-likeness (QED) is 0.390. The van der Waals surface area contributed by atoms with E-state index in [1.807, 2.05) is 41.1 Å². The zero-order valence-corrected chi connectivity index (χ0v) is 20.5. The van der Waals surface area contributed by atoms with Crippen LogP contribution in [0.25, 0.3) is 10.9 Å². The molecule has 7 nitrogen and oxygen atoms in total. The predicted octanol–water partition coefficient (Wildman–Crippen LogP) is 4.53. The van der Waals surface area contributed by atoms with E-state index in [0.29, 0.717) is 17.9 Å². The van der Waals surface area contributed by atoms with Crippen molar-refractivity contribution in [2.45, 2.75) is 39.3 Å². The minimum atomic E-state index is -0.408. The molecule has 0 radical (unpaired) electrons. The molecule has 1 aliphatic heterocycles. The van der Waals surface area contributed by atoms with Crippen molar-refractivity contribution >= 4 is 16.6 Å². The highest BCUT2D eigenvalue weighted by atomic mass is 16.1. The van der Waals surface area contributed by atoms with Gasteiger partial charge in [0, 0.05) is 29.9 Å². The lowest BCUT2D eigenvalue weighted by Gasteiger charge is -2.29. The third-order valence-corrected chi connectivity index (χ3v) is 7.28. The first kappa shape index (κ1) is 22.2. The molecule has 0 fully saturated rings. The summed E-state index contributed by atoms with van der Waals surface area (Å²) in [5.41, 5.74) is 7.34.